The number of aromatic nitrogens is 1. The first-order valence-corrected chi connectivity index (χ1v) is 8.06. The Bertz CT molecular complexity index is 1030. The Morgan fingerprint density at radius 3 is 2.33 bits per heavy atom. The van der Waals surface area contributed by atoms with Gasteiger partial charge in [-0.1, -0.05) is 0 Å². The number of pyridine rings is 1. The van der Waals surface area contributed by atoms with E-state index >= 15 is 0 Å². The van der Waals surface area contributed by atoms with Gasteiger partial charge in [-0.2, -0.15) is 5.26 Å². The van der Waals surface area contributed by atoms with E-state index in [1.807, 2.05) is 0 Å². The van der Waals surface area contributed by atoms with Gasteiger partial charge in [-0.3, -0.25) is 4.79 Å². The average Bonchev–Trinajstić information content (AvgIpc) is 2.65. The highest BCUT2D eigenvalue weighted by Crippen LogP contribution is 2.46. The number of allylic oxidation sites excluding steroid dienone is 1. The number of nitrogens with two attached hydrogens (primary N) is 1. The zero-order chi connectivity index (χ0) is 19.7. The van der Waals surface area contributed by atoms with Crippen LogP contribution in [0.25, 0.3) is 0 Å². The van der Waals surface area contributed by atoms with Crippen LogP contribution in [0.3, 0.4) is 0 Å². The zero-order valence-corrected chi connectivity index (χ0v) is 15.4. The summed E-state index contributed by atoms with van der Waals surface area (Å²) in [5, 5.41) is 9.68. The molecule has 0 radical (unpaired) electrons. The van der Waals surface area contributed by atoms with Gasteiger partial charge in [0.1, 0.15) is 23.1 Å². The van der Waals surface area contributed by atoms with Crippen LogP contribution in [0.1, 0.15) is 22.7 Å². The van der Waals surface area contributed by atoms with Crippen molar-refractivity contribution < 1.29 is 18.9 Å². The van der Waals surface area contributed by atoms with Gasteiger partial charge in [0.25, 0.3) is 5.56 Å². The summed E-state index contributed by atoms with van der Waals surface area (Å²) in [5.41, 5.74) is 7.15. The maximum Gasteiger partial charge on any atom is 0.256 e. The quantitative estimate of drug-likeness (QED) is 0.845. The summed E-state index contributed by atoms with van der Waals surface area (Å²) in [4.78, 5) is 15.4. The molecule has 8 heteroatoms. The minimum absolute atomic E-state index is 0.0585. The Labute approximate surface area is 155 Å². The molecular formula is C19H19N3O5. The van der Waals surface area contributed by atoms with Crippen molar-refractivity contribution in [2.75, 3.05) is 21.3 Å². The van der Waals surface area contributed by atoms with Crippen molar-refractivity contribution in [3.05, 3.63) is 56.8 Å². The molecule has 2 aromatic rings. The van der Waals surface area contributed by atoms with Crippen molar-refractivity contribution in [1.29, 1.82) is 5.26 Å². The number of benzene rings is 1. The Kier molecular flexibility index (Phi) is 4.69. The lowest BCUT2D eigenvalue weighted by Crippen LogP contribution is -2.28. The highest BCUT2D eigenvalue weighted by Gasteiger charge is 2.36. The van der Waals surface area contributed by atoms with E-state index in [1.54, 1.807) is 25.1 Å². The largest absolute Gasteiger partial charge is 0.496 e. The van der Waals surface area contributed by atoms with E-state index in [2.05, 4.69) is 11.1 Å². The van der Waals surface area contributed by atoms with Crippen molar-refractivity contribution >= 4 is 0 Å². The molecule has 0 fully saturated rings. The van der Waals surface area contributed by atoms with Crippen LogP contribution in [0.4, 0.5) is 0 Å². The second-order valence-corrected chi connectivity index (χ2v) is 5.93. The van der Waals surface area contributed by atoms with Crippen LogP contribution in [-0.4, -0.2) is 26.3 Å². The van der Waals surface area contributed by atoms with Gasteiger partial charge in [0.2, 0.25) is 5.88 Å². The number of fused-ring (bicyclic) bond motifs is 1. The molecule has 1 aromatic heterocycles. The lowest BCUT2D eigenvalue weighted by Gasteiger charge is -2.27. The predicted molar refractivity (Wildman–Crippen MR) is 97.2 cm³/mol. The van der Waals surface area contributed by atoms with Crippen molar-refractivity contribution in [3.63, 3.8) is 0 Å². The Hall–Kier alpha value is -3.60. The third-order valence-corrected chi connectivity index (χ3v) is 4.40. The summed E-state index contributed by atoms with van der Waals surface area (Å²) in [6.07, 6.45) is 0. The number of nitriles is 1. The molecule has 0 bridgehead atoms. The molecule has 0 unspecified atom stereocenters. The van der Waals surface area contributed by atoms with E-state index in [0.717, 1.165) is 0 Å². The van der Waals surface area contributed by atoms with Crippen molar-refractivity contribution in [3.8, 4) is 29.1 Å². The molecule has 1 aliphatic heterocycles. The van der Waals surface area contributed by atoms with E-state index in [1.165, 1.54) is 21.3 Å². The molecule has 3 rings (SSSR count). The number of aryl methyl sites for hydroxylation is 1. The molecule has 1 aliphatic rings. The lowest BCUT2D eigenvalue weighted by atomic mass is 9.83. The van der Waals surface area contributed by atoms with Crippen molar-refractivity contribution in [2.45, 2.75) is 12.8 Å². The fourth-order valence-electron chi connectivity index (χ4n) is 3.20. The third-order valence-electron chi connectivity index (χ3n) is 4.40. The normalized spacial score (nSPS) is 15.4. The summed E-state index contributed by atoms with van der Waals surface area (Å²) in [6.45, 7) is 1.73. The molecule has 0 saturated heterocycles. The third kappa shape index (κ3) is 2.93. The molecule has 0 aliphatic carbocycles. The monoisotopic (exact) mass is 369 g/mol. The summed E-state index contributed by atoms with van der Waals surface area (Å²) >= 11 is 0. The first-order valence-electron chi connectivity index (χ1n) is 8.06. The smallest absolute Gasteiger partial charge is 0.256 e. The highest BCUT2D eigenvalue weighted by molar-refractivity contribution is 5.61. The second kappa shape index (κ2) is 6.96. The second-order valence-electron chi connectivity index (χ2n) is 5.93. The van der Waals surface area contributed by atoms with Gasteiger partial charge in [0.15, 0.2) is 11.5 Å². The lowest BCUT2D eigenvalue weighted by molar-refractivity contribution is 0.346. The van der Waals surface area contributed by atoms with Gasteiger partial charge in [0, 0.05) is 23.4 Å². The summed E-state index contributed by atoms with van der Waals surface area (Å²) in [7, 11) is 4.49. The minimum Gasteiger partial charge on any atom is -0.496 e. The number of nitrogens with one attached hydrogen (secondary N) is 1. The fourth-order valence-corrected chi connectivity index (χ4v) is 3.20. The number of hydrogen-bond donors (Lipinski definition) is 2. The number of methoxy groups -OCH3 is 3. The minimum atomic E-state index is -0.780. The molecule has 1 atom stereocenters. The SMILES string of the molecule is COc1cc(OC)c([C@H]2C(C#N)=C(N)Oc3cc(C)[nH]c(=O)c32)cc1OC. The summed E-state index contributed by atoms with van der Waals surface area (Å²) in [6, 6.07) is 7.02. The Morgan fingerprint density at radius 1 is 1.11 bits per heavy atom. The highest BCUT2D eigenvalue weighted by atomic mass is 16.5. The number of ether oxygens (including phenoxy) is 4. The molecule has 140 valence electrons. The van der Waals surface area contributed by atoms with E-state index < -0.39 is 5.92 Å². The van der Waals surface area contributed by atoms with Gasteiger partial charge in [-0.25, -0.2) is 0 Å². The number of H-pyrrole nitrogens is 1. The number of hydrogen-bond acceptors (Lipinski definition) is 7. The first-order chi connectivity index (χ1) is 12.9. The summed E-state index contributed by atoms with van der Waals surface area (Å²) < 4.78 is 21.7. The molecule has 3 N–H and O–H groups in total. The Balaban J connectivity index is 2.37. The van der Waals surface area contributed by atoms with Crippen molar-refractivity contribution in [1.82, 2.24) is 4.98 Å². The molecule has 8 nitrogen and oxygen atoms in total. The van der Waals surface area contributed by atoms with E-state index in [0.29, 0.717) is 34.3 Å². The van der Waals surface area contributed by atoms with E-state index in [4.69, 9.17) is 24.7 Å². The van der Waals surface area contributed by atoms with E-state index in [9.17, 15) is 10.1 Å². The summed E-state index contributed by atoms with van der Waals surface area (Å²) in [5.74, 6) is 0.773. The fraction of sp³-hybridized carbons (Fsp3) is 0.263. The molecule has 1 aromatic carbocycles. The predicted octanol–water partition coefficient (Wildman–Crippen LogP) is 1.93. The maximum atomic E-state index is 12.7. The van der Waals surface area contributed by atoms with Crippen LogP contribution in [0.5, 0.6) is 23.0 Å². The average molecular weight is 369 g/mol. The Morgan fingerprint density at radius 2 is 1.74 bits per heavy atom. The standard InChI is InChI=1S/C19H19N3O5/c1-9-5-15-17(19(23)22-9)16(11(8-20)18(21)27-15)10-6-13(25-3)14(26-4)7-12(10)24-2/h5-7,16H,21H2,1-4H3,(H,22,23)/t16-/m0/s1. The van der Waals surface area contributed by atoms with Gasteiger partial charge in [-0.15, -0.1) is 0 Å². The van der Waals surface area contributed by atoms with Crippen LogP contribution < -0.4 is 30.2 Å². The van der Waals surface area contributed by atoms with Gasteiger partial charge in [0.05, 0.1) is 32.8 Å². The van der Waals surface area contributed by atoms with Gasteiger partial charge in [-0.05, 0) is 13.0 Å². The molecule has 0 amide bonds. The van der Waals surface area contributed by atoms with E-state index in [-0.39, 0.29) is 22.6 Å². The number of rotatable bonds is 4. The van der Waals surface area contributed by atoms with Crippen LogP contribution in [0.2, 0.25) is 0 Å². The van der Waals surface area contributed by atoms with Gasteiger partial charge >= 0.3 is 0 Å². The molecule has 2 heterocycles. The van der Waals surface area contributed by atoms with Crippen molar-refractivity contribution in [2.24, 2.45) is 5.73 Å². The topological polar surface area (TPSA) is 120 Å². The first kappa shape index (κ1) is 18.2. The molecule has 27 heavy (non-hydrogen) atoms. The molecular weight excluding hydrogens is 350 g/mol. The van der Waals surface area contributed by atoms with Crippen LogP contribution in [0, 0.1) is 18.3 Å². The van der Waals surface area contributed by atoms with Crippen LogP contribution in [0.15, 0.2) is 34.4 Å². The zero-order valence-electron chi connectivity index (χ0n) is 15.4. The van der Waals surface area contributed by atoms with Crippen LogP contribution in [-0.2, 0) is 0 Å². The molecule has 0 saturated carbocycles. The maximum absolute atomic E-state index is 12.7. The number of aromatic amines is 1. The number of nitrogens with zero attached hydrogens (tertiary/aromatic N) is 1. The van der Waals surface area contributed by atoms with Gasteiger partial charge < -0.3 is 29.7 Å². The molecule has 0 spiro atoms. The van der Waals surface area contributed by atoms with Crippen LogP contribution >= 0.6 is 0 Å².